The number of rotatable bonds is 6. The number of carbonyl (C=O) groups is 2. The predicted molar refractivity (Wildman–Crippen MR) is 146 cm³/mol. The number of hydrogen-bond acceptors (Lipinski definition) is 4. The van der Waals surface area contributed by atoms with E-state index in [1.807, 2.05) is 6.08 Å². The second-order valence-corrected chi connectivity index (χ2v) is 13.8. The lowest BCUT2D eigenvalue weighted by molar-refractivity contribution is -0.165. The zero-order chi connectivity index (χ0) is 27.6. The minimum absolute atomic E-state index is 0.00283. The lowest BCUT2D eigenvalue weighted by Gasteiger charge is -2.61. The van der Waals surface area contributed by atoms with E-state index < -0.39 is 12.1 Å². The van der Waals surface area contributed by atoms with Crippen molar-refractivity contribution in [3.05, 3.63) is 34.9 Å². The van der Waals surface area contributed by atoms with Crippen LogP contribution in [0.2, 0.25) is 0 Å². The number of hydrogen-bond donors (Lipinski definition) is 2. The normalized spacial score (nSPS) is 41.5. The van der Waals surface area contributed by atoms with Crippen molar-refractivity contribution >= 4 is 11.9 Å². The summed E-state index contributed by atoms with van der Waals surface area (Å²) < 4.78 is 5.80. The maximum Gasteiger partial charge on any atom is 0.330 e. The molecule has 2 fully saturated rings. The van der Waals surface area contributed by atoms with Gasteiger partial charge in [-0.05, 0) is 91.6 Å². The molecular formula is C32H48O5. The Balaban J connectivity index is 1.64. The van der Waals surface area contributed by atoms with Crippen molar-refractivity contribution in [2.24, 2.45) is 39.4 Å². The highest BCUT2D eigenvalue weighted by atomic mass is 16.5. The van der Waals surface area contributed by atoms with Crippen LogP contribution in [-0.4, -0.2) is 34.4 Å². The molecule has 8 atom stereocenters. The van der Waals surface area contributed by atoms with Crippen molar-refractivity contribution in [2.75, 3.05) is 0 Å². The first-order chi connectivity index (χ1) is 17.1. The molecule has 5 heteroatoms. The zero-order valence-electron chi connectivity index (χ0n) is 24.2. The van der Waals surface area contributed by atoms with E-state index in [9.17, 15) is 19.8 Å². The molecule has 4 aliphatic carbocycles. The Labute approximate surface area is 223 Å². The molecule has 0 bridgehead atoms. The summed E-state index contributed by atoms with van der Waals surface area (Å²) in [6.07, 6.45) is 12.5. The summed E-state index contributed by atoms with van der Waals surface area (Å²) in [7, 11) is 0. The van der Waals surface area contributed by atoms with Crippen LogP contribution in [0.4, 0.5) is 0 Å². The topological polar surface area (TPSA) is 83.8 Å². The Morgan fingerprint density at radius 1 is 1.14 bits per heavy atom. The Bertz CT molecular complexity index is 1050. The van der Waals surface area contributed by atoms with Gasteiger partial charge < -0.3 is 14.9 Å². The molecule has 0 unspecified atom stereocenters. The van der Waals surface area contributed by atoms with E-state index in [0.29, 0.717) is 23.3 Å². The van der Waals surface area contributed by atoms with Crippen LogP contribution in [0, 0.1) is 39.4 Å². The highest BCUT2D eigenvalue weighted by Gasteiger charge is 2.66. The summed E-state index contributed by atoms with van der Waals surface area (Å²) >= 11 is 0. The molecule has 206 valence electrons. The van der Waals surface area contributed by atoms with Crippen LogP contribution < -0.4 is 0 Å². The molecule has 2 saturated carbocycles. The van der Waals surface area contributed by atoms with Gasteiger partial charge in [-0.25, -0.2) is 4.79 Å². The number of ether oxygens (including phenoxy) is 1. The van der Waals surface area contributed by atoms with Crippen molar-refractivity contribution in [1.29, 1.82) is 0 Å². The number of carboxylic acid groups (broad SMARTS) is 1. The van der Waals surface area contributed by atoms with Crippen molar-refractivity contribution in [3.8, 4) is 0 Å². The van der Waals surface area contributed by atoms with E-state index in [1.54, 1.807) is 6.92 Å². The third kappa shape index (κ3) is 4.15. The van der Waals surface area contributed by atoms with Crippen molar-refractivity contribution in [2.45, 2.75) is 113 Å². The fourth-order valence-electron chi connectivity index (χ4n) is 9.19. The fraction of sp³-hybridized carbons (Fsp3) is 0.750. The molecule has 4 rings (SSSR count). The van der Waals surface area contributed by atoms with E-state index in [1.165, 1.54) is 18.1 Å². The minimum Gasteiger partial charge on any atom is -0.478 e. The molecule has 4 aliphatic rings. The van der Waals surface area contributed by atoms with Gasteiger partial charge in [-0.1, -0.05) is 59.8 Å². The average molecular weight is 513 g/mol. The molecule has 0 aromatic carbocycles. The number of carboxylic acids is 1. The summed E-state index contributed by atoms with van der Waals surface area (Å²) in [6, 6.07) is 0. The maximum atomic E-state index is 11.8. The third-order valence-corrected chi connectivity index (χ3v) is 11.7. The Morgan fingerprint density at radius 2 is 1.81 bits per heavy atom. The van der Waals surface area contributed by atoms with E-state index in [0.717, 1.165) is 44.9 Å². The molecular weight excluding hydrogens is 464 g/mol. The summed E-state index contributed by atoms with van der Waals surface area (Å²) in [4.78, 5) is 23.0. The van der Waals surface area contributed by atoms with Gasteiger partial charge in [-0.3, -0.25) is 4.79 Å². The molecule has 0 spiro atoms. The Hall–Kier alpha value is -1.88. The van der Waals surface area contributed by atoms with Crippen LogP contribution in [0.3, 0.4) is 0 Å². The minimum atomic E-state index is -0.852. The number of esters is 1. The Kier molecular flexibility index (Phi) is 7.14. The number of aliphatic hydroxyl groups excluding tert-OH is 1. The van der Waals surface area contributed by atoms with Gasteiger partial charge in [0.1, 0.15) is 6.10 Å². The number of allylic oxidation sites excluding steroid dienone is 4. The van der Waals surface area contributed by atoms with Crippen LogP contribution in [0.15, 0.2) is 34.9 Å². The summed E-state index contributed by atoms with van der Waals surface area (Å²) in [6.45, 7) is 17.1. The van der Waals surface area contributed by atoms with Gasteiger partial charge >= 0.3 is 11.9 Å². The zero-order valence-corrected chi connectivity index (χ0v) is 24.2. The molecule has 2 N–H and O–H groups in total. The molecule has 37 heavy (non-hydrogen) atoms. The second-order valence-electron chi connectivity index (χ2n) is 13.8. The van der Waals surface area contributed by atoms with Crippen LogP contribution in [-0.2, 0) is 14.3 Å². The molecule has 0 heterocycles. The molecule has 0 aliphatic heterocycles. The van der Waals surface area contributed by atoms with Crippen molar-refractivity contribution < 1.29 is 24.5 Å². The van der Waals surface area contributed by atoms with Crippen LogP contribution in [0.5, 0.6) is 0 Å². The third-order valence-electron chi connectivity index (χ3n) is 11.7. The largest absolute Gasteiger partial charge is 0.478 e. The molecule has 0 amide bonds. The molecule has 0 radical (unpaired) electrons. The highest BCUT2D eigenvalue weighted by molar-refractivity contribution is 5.85. The number of carbonyl (C=O) groups excluding carboxylic acids is 1. The SMILES string of the molecule is CC(=O)O[C@H]1CC[C@]2(C)C3=CC[C@]4(C)[C@@H]([C@@H](C)CC/C=C(\C)C(=O)O)C[C@H](O)[C@@]4(C)C3=CC[C@H]2C1(C)C. The van der Waals surface area contributed by atoms with E-state index in [-0.39, 0.29) is 33.7 Å². The number of fused-ring (bicyclic) bond motifs is 5. The fourth-order valence-corrected chi connectivity index (χ4v) is 9.19. The van der Waals surface area contributed by atoms with Gasteiger partial charge in [0.25, 0.3) is 0 Å². The van der Waals surface area contributed by atoms with E-state index >= 15 is 0 Å². The van der Waals surface area contributed by atoms with Crippen LogP contribution >= 0.6 is 0 Å². The molecule has 0 saturated heterocycles. The first kappa shape index (κ1) is 28.1. The van der Waals surface area contributed by atoms with Gasteiger partial charge in [-0.2, -0.15) is 0 Å². The molecule has 5 nitrogen and oxygen atoms in total. The predicted octanol–water partition coefficient (Wildman–Crippen LogP) is 6.86. The Morgan fingerprint density at radius 3 is 2.43 bits per heavy atom. The first-order valence-electron chi connectivity index (χ1n) is 14.3. The van der Waals surface area contributed by atoms with Gasteiger partial charge in [-0.15, -0.1) is 0 Å². The average Bonchev–Trinajstić information content (AvgIpc) is 3.02. The number of aliphatic hydroxyl groups is 1. The van der Waals surface area contributed by atoms with Crippen LogP contribution in [0.1, 0.15) is 100 Å². The smallest absolute Gasteiger partial charge is 0.330 e. The van der Waals surface area contributed by atoms with E-state index in [4.69, 9.17) is 4.74 Å². The van der Waals surface area contributed by atoms with Crippen LogP contribution in [0.25, 0.3) is 0 Å². The van der Waals surface area contributed by atoms with Gasteiger partial charge in [0.2, 0.25) is 0 Å². The van der Waals surface area contributed by atoms with Gasteiger partial charge in [0, 0.05) is 23.3 Å². The highest BCUT2D eigenvalue weighted by Crippen LogP contribution is 2.71. The quantitative estimate of drug-likeness (QED) is 0.300. The summed E-state index contributed by atoms with van der Waals surface area (Å²) in [5.41, 5.74) is 2.68. The number of aliphatic carboxylic acids is 1. The van der Waals surface area contributed by atoms with Crippen molar-refractivity contribution in [1.82, 2.24) is 0 Å². The second kappa shape index (κ2) is 9.39. The van der Waals surface area contributed by atoms with Gasteiger partial charge in [0.15, 0.2) is 0 Å². The molecule has 0 aromatic rings. The lowest BCUT2D eigenvalue weighted by atomic mass is 9.44. The standard InChI is InChI=1S/C32H48O5/c1-19(10-9-11-20(2)28(35)36)24-18-26(34)32(8)23-12-13-25-29(4,5)27(37-21(3)33)15-16-30(25,6)22(23)14-17-31(24,32)7/h11-12,14,19,24-27,34H,9-10,13,15-18H2,1-8H3,(H,35,36)/b20-11+/t19-,24+,25-,26-,27-,30+,31+,32+/m0/s1. The monoisotopic (exact) mass is 512 g/mol. The van der Waals surface area contributed by atoms with Gasteiger partial charge in [0.05, 0.1) is 6.10 Å². The first-order valence-corrected chi connectivity index (χ1v) is 14.3. The maximum absolute atomic E-state index is 11.8. The summed E-state index contributed by atoms with van der Waals surface area (Å²) in [5, 5.41) is 20.9. The summed E-state index contributed by atoms with van der Waals surface area (Å²) in [5.74, 6) is 0.0798. The molecule has 0 aromatic heterocycles. The van der Waals surface area contributed by atoms with Crippen molar-refractivity contribution in [3.63, 3.8) is 0 Å². The van der Waals surface area contributed by atoms with E-state index in [2.05, 4.69) is 53.7 Å². The lowest BCUT2D eigenvalue weighted by Crippen LogP contribution is -2.56.